The third-order valence-corrected chi connectivity index (χ3v) is 7.77. The van der Waals surface area contributed by atoms with Crippen LogP contribution in [0.4, 0.5) is 18.9 Å². The van der Waals surface area contributed by atoms with Crippen LogP contribution in [0.1, 0.15) is 47.8 Å². The molecule has 0 radical (unpaired) electrons. The standard InChI is InChI=1S/C33H26F3N3O3/c34-33(35,36)24-12-9-21(10-13-24)26-5-1-2-6-27(26)30(40)37-25-14-11-23-20-38(16-15-22(23)19-25)17-18-39-31(41)28-7-3-4-8-29(28)32(39)42/h1-14,19H,15-18,20H2,(H,37,40). The maximum atomic E-state index is 13.2. The van der Waals surface area contributed by atoms with Gasteiger partial charge < -0.3 is 5.32 Å². The highest BCUT2D eigenvalue weighted by atomic mass is 19.4. The zero-order valence-electron chi connectivity index (χ0n) is 22.4. The van der Waals surface area contributed by atoms with Gasteiger partial charge in [-0.3, -0.25) is 24.2 Å². The van der Waals surface area contributed by atoms with Crippen molar-refractivity contribution < 1.29 is 27.6 Å². The van der Waals surface area contributed by atoms with Gasteiger partial charge in [0.15, 0.2) is 0 Å². The molecule has 0 spiro atoms. The van der Waals surface area contributed by atoms with Gasteiger partial charge in [-0.25, -0.2) is 0 Å². The van der Waals surface area contributed by atoms with Crippen LogP contribution in [0, 0.1) is 0 Å². The Balaban J connectivity index is 1.10. The van der Waals surface area contributed by atoms with Crippen molar-refractivity contribution in [3.05, 3.63) is 124 Å². The minimum absolute atomic E-state index is 0.256. The highest BCUT2D eigenvalue weighted by molar-refractivity contribution is 6.21. The van der Waals surface area contributed by atoms with Crippen molar-refractivity contribution in [2.75, 3.05) is 25.0 Å². The minimum atomic E-state index is -4.43. The number of amides is 3. The molecule has 0 atom stereocenters. The monoisotopic (exact) mass is 569 g/mol. The molecular formula is C33H26F3N3O3. The first kappa shape index (κ1) is 27.4. The van der Waals surface area contributed by atoms with E-state index in [0.717, 1.165) is 36.2 Å². The van der Waals surface area contributed by atoms with Crippen molar-refractivity contribution in [1.82, 2.24) is 9.80 Å². The molecule has 1 N–H and O–H groups in total. The SMILES string of the molecule is O=C(Nc1ccc2c(c1)CCN(CCN1C(=O)c3ccccc3C1=O)C2)c1ccccc1-c1ccc(C(F)(F)F)cc1. The highest BCUT2D eigenvalue weighted by Crippen LogP contribution is 2.32. The van der Waals surface area contributed by atoms with Crippen molar-refractivity contribution in [2.45, 2.75) is 19.1 Å². The maximum absolute atomic E-state index is 13.2. The van der Waals surface area contributed by atoms with Gasteiger partial charge in [-0.05, 0) is 71.1 Å². The lowest BCUT2D eigenvalue weighted by Gasteiger charge is -2.30. The summed E-state index contributed by atoms with van der Waals surface area (Å²) in [7, 11) is 0. The van der Waals surface area contributed by atoms with Gasteiger partial charge in [-0.15, -0.1) is 0 Å². The number of hydrogen-bond donors (Lipinski definition) is 1. The molecule has 6 rings (SSSR count). The number of carbonyl (C=O) groups excluding carboxylic acids is 3. The molecule has 0 unspecified atom stereocenters. The fourth-order valence-electron chi connectivity index (χ4n) is 5.53. The number of alkyl halides is 3. The van der Waals surface area contributed by atoms with Crippen LogP contribution in [0.5, 0.6) is 0 Å². The molecule has 4 aromatic carbocycles. The number of rotatable bonds is 6. The lowest BCUT2D eigenvalue weighted by atomic mass is 9.97. The first-order chi connectivity index (χ1) is 20.2. The van der Waals surface area contributed by atoms with Crippen molar-refractivity contribution in [1.29, 1.82) is 0 Å². The smallest absolute Gasteiger partial charge is 0.322 e. The van der Waals surface area contributed by atoms with Gasteiger partial charge in [-0.2, -0.15) is 13.2 Å². The Labute approximate surface area is 240 Å². The molecule has 0 aromatic heterocycles. The van der Waals surface area contributed by atoms with Crippen LogP contribution in [-0.4, -0.2) is 47.2 Å². The molecular weight excluding hydrogens is 543 g/mol. The quantitative estimate of drug-likeness (QED) is 0.278. The number of nitrogens with zero attached hydrogens (tertiary/aromatic N) is 2. The zero-order chi connectivity index (χ0) is 29.4. The average molecular weight is 570 g/mol. The number of nitrogens with one attached hydrogen (secondary N) is 1. The van der Waals surface area contributed by atoms with Crippen molar-refractivity contribution in [3.63, 3.8) is 0 Å². The molecule has 0 fully saturated rings. The fraction of sp³-hybridized carbons (Fsp3) is 0.182. The van der Waals surface area contributed by atoms with Crippen molar-refractivity contribution in [2.24, 2.45) is 0 Å². The predicted molar refractivity (Wildman–Crippen MR) is 152 cm³/mol. The van der Waals surface area contributed by atoms with E-state index in [1.165, 1.54) is 17.0 Å². The van der Waals surface area contributed by atoms with E-state index >= 15 is 0 Å². The summed E-state index contributed by atoms with van der Waals surface area (Å²) >= 11 is 0. The lowest BCUT2D eigenvalue weighted by Crippen LogP contribution is -2.40. The van der Waals surface area contributed by atoms with Crippen molar-refractivity contribution >= 4 is 23.4 Å². The zero-order valence-corrected chi connectivity index (χ0v) is 22.4. The molecule has 9 heteroatoms. The lowest BCUT2D eigenvalue weighted by molar-refractivity contribution is -0.137. The first-order valence-electron chi connectivity index (χ1n) is 13.6. The number of carbonyl (C=O) groups is 3. The molecule has 0 saturated carbocycles. The highest BCUT2D eigenvalue weighted by Gasteiger charge is 2.35. The molecule has 0 saturated heterocycles. The molecule has 3 amide bonds. The Kier molecular flexibility index (Phi) is 7.12. The molecule has 2 aliphatic heterocycles. The van der Waals surface area contributed by atoms with Crippen LogP contribution in [0.2, 0.25) is 0 Å². The summed E-state index contributed by atoms with van der Waals surface area (Å²) in [4.78, 5) is 42.1. The largest absolute Gasteiger partial charge is 0.416 e. The summed E-state index contributed by atoms with van der Waals surface area (Å²) in [6.07, 6.45) is -3.69. The first-order valence-corrected chi connectivity index (χ1v) is 13.6. The van der Waals surface area contributed by atoms with Gasteiger partial charge in [0, 0.05) is 37.4 Å². The van der Waals surface area contributed by atoms with Gasteiger partial charge in [0.05, 0.1) is 16.7 Å². The van der Waals surface area contributed by atoms with E-state index in [4.69, 9.17) is 0 Å². The van der Waals surface area contributed by atoms with Gasteiger partial charge >= 0.3 is 6.18 Å². The number of anilines is 1. The van der Waals surface area contributed by atoms with Crippen LogP contribution in [0.3, 0.4) is 0 Å². The van der Waals surface area contributed by atoms with E-state index < -0.39 is 11.7 Å². The van der Waals surface area contributed by atoms with Crippen LogP contribution in [-0.2, 0) is 19.1 Å². The molecule has 0 bridgehead atoms. The van der Waals surface area contributed by atoms with Crippen LogP contribution in [0.15, 0.2) is 91.0 Å². The number of halogens is 3. The van der Waals surface area contributed by atoms with Gasteiger partial charge in [-0.1, -0.05) is 48.5 Å². The third kappa shape index (κ3) is 5.31. The maximum Gasteiger partial charge on any atom is 0.416 e. The van der Waals surface area contributed by atoms with Crippen molar-refractivity contribution in [3.8, 4) is 11.1 Å². The Bertz CT molecular complexity index is 1660. The predicted octanol–water partition coefficient (Wildman–Crippen LogP) is 6.28. The summed E-state index contributed by atoms with van der Waals surface area (Å²) in [5, 5.41) is 2.93. The Hall–Kier alpha value is -4.76. The summed E-state index contributed by atoms with van der Waals surface area (Å²) in [6, 6.07) is 24.2. The second kappa shape index (κ2) is 10.9. The van der Waals surface area contributed by atoms with E-state index in [1.807, 2.05) is 18.2 Å². The number of fused-ring (bicyclic) bond motifs is 2. The van der Waals surface area contributed by atoms with E-state index in [9.17, 15) is 27.6 Å². The Morgan fingerprint density at radius 2 is 1.40 bits per heavy atom. The molecule has 4 aromatic rings. The van der Waals surface area contributed by atoms with E-state index in [-0.39, 0.29) is 17.7 Å². The molecule has 6 nitrogen and oxygen atoms in total. The average Bonchev–Trinajstić information content (AvgIpc) is 3.24. The molecule has 42 heavy (non-hydrogen) atoms. The number of imide groups is 1. The summed E-state index contributed by atoms with van der Waals surface area (Å²) in [6.45, 7) is 2.27. The number of benzene rings is 4. The molecule has 0 aliphatic carbocycles. The summed E-state index contributed by atoms with van der Waals surface area (Å²) in [5.41, 5.74) is 4.38. The summed E-state index contributed by atoms with van der Waals surface area (Å²) < 4.78 is 39.0. The Morgan fingerprint density at radius 3 is 2.07 bits per heavy atom. The third-order valence-electron chi connectivity index (χ3n) is 7.77. The van der Waals surface area contributed by atoms with E-state index in [1.54, 1.807) is 48.5 Å². The van der Waals surface area contributed by atoms with Gasteiger partial charge in [0.25, 0.3) is 17.7 Å². The van der Waals surface area contributed by atoms with Crippen LogP contribution < -0.4 is 5.32 Å². The minimum Gasteiger partial charge on any atom is -0.322 e. The Morgan fingerprint density at radius 1 is 0.762 bits per heavy atom. The fourth-order valence-corrected chi connectivity index (χ4v) is 5.53. The summed E-state index contributed by atoms with van der Waals surface area (Å²) in [5.74, 6) is -0.870. The molecule has 2 heterocycles. The normalized spacial score (nSPS) is 15.0. The van der Waals surface area contributed by atoms with E-state index in [2.05, 4.69) is 10.2 Å². The molecule has 2 aliphatic rings. The van der Waals surface area contributed by atoms with Crippen LogP contribution in [0.25, 0.3) is 11.1 Å². The van der Waals surface area contributed by atoms with Crippen LogP contribution >= 0.6 is 0 Å². The second-order valence-electron chi connectivity index (χ2n) is 10.4. The van der Waals surface area contributed by atoms with Gasteiger partial charge in [0.1, 0.15) is 0 Å². The second-order valence-corrected chi connectivity index (χ2v) is 10.4. The molecule has 212 valence electrons. The number of hydrogen-bond acceptors (Lipinski definition) is 4. The topological polar surface area (TPSA) is 69.7 Å². The van der Waals surface area contributed by atoms with Gasteiger partial charge in [0.2, 0.25) is 0 Å². The van der Waals surface area contributed by atoms with E-state index in [0.29, 0.717) is 53.1 Å².